The molecule has 0 saturated heterocycles. The van der Waals surface area contributed by atoms with Gasteiger partial charge in [-0.05, 0) is 68.8 Å². The molecule has 1 heterocycles. The molecule has 1 aliphatic heterocycles. The molecule has 1 aliphatic rings. The normalized spacial score (nSPS) is 13.7. The van der Waals surface area contributed by atoms with Crippen molar-refractivity contribution in [3.8, 4) is 5.75 Å². The highest BCUT2D eigenvalue weighted by Crippen LogP contribution is 2.34. The van der Waals surface area contributed by atoms with Crippen molar-refractivity contribution in [1.29, 1.82) is 0 Å². The highest BCUT2D eigenvalue weighted by molar-refractivity contribution is 7.98. The van der Waals surface area contributed by atoms with Gasteiger partial charge in [0.2, 0.25) is 0 Å². The maximum Gasteiger partial charge on any atom is 0.262 e. The van der Waals surface area contributed by atoms with Gasteiger partial charge in [0.05, 0.1) is 11.7 Å². The van der Waals surface area contributed by atoms with E-state index in [9.17, 15) is 4.79 Å². The molecular weight excluding hydrogens is 354 g/mol. The number of thioether (sulfide) groups is 1. The largest absolute Gasteiger partial charge is 0.490 e. The van der Waals surface area contributed by atoms with Crippen LogP contribution < -0.4 is 9.64 Å². The van der Waals surface area contributed by atoms with Gasteiger partial charge in [-0.2, -0.15) is 0 Å². The summed E-state index contributed by atoms with van der Waals surface area (Å²) in [4.78, 5) is 16.2. The standard InChI is InChI=1S/C20H22ClNO2S/c1-13(2)24-19-9-8-16(25-3)12-17(19)20(23)22-10-4-5-14-6-7-15(21)11-18(14)22/h6-9,11-13H,4-5,10H2,1-3H3. The smallest absolute Gasteiger partial charge is 0.262 e. The number of benzene rings is 2. The first-order chi connectivity index (χ1) is 12.0. The van der Waals surface area contributed by atoms with Gasteiger partial charge < -0.3 is 9.64 Å². The molecule has 132 valence electrons. The molecule has 0 aliphatic carbocycles. The number of halogens is 1. The molecule has 2 aromatic carbocycles. The average molecular weight is 376 g/mol. The van der Waals surface area contributed by atoms with Gasteiger partial charge >= 0.3 is 0 Å². The third-order valence-electron chi connectivity index (χ3n) is 4.19. The van der Waals surface area contributed by atoms with Crippen molar-refractivity contribution in [2.75, 3.05) is 17.7 Å². The average Bonchev–Trinajstić information content (AvgIpc) is 2.60. The van der Waals surface area contributed by atoms with E-state index in [0.29, 0.717) is 22.9 Å². The highest BCUT2D eigenvalue weighted by Gasteiger charge is 2.26. The maximum absolute atomic E-state index is 13.3. The Hall–Kier alpha value is -1.65. The molecule has 0 saturated carbocycles. The van der Waals surface area contributed by atoms with Crippen molar-refractivity contribution in [3.05, 3.63) is 52.5 Å². The fourth-order valence-electron chi connectivity index (χ4n) is 3.06. The predicted octanol–water partition coefficient (Wildman–Crippen LogP) is 5.44. The highest BCUT2D eigenvalue weighted by atomic mass is 35.5. The first kappa shape index (κ1) is 18.2. The third-order valence-corrected chi connectivity index (χ3v) is 5.15. The van der Waals surface area contributed by atoms with Crippen LogP contribution in [0.5, 0.6) is 5.75 Å². The van der Waals surface area contributed by atoms with Crippen molar-refractivity contribution in [2.45, 2.75) is 37.7 Å². The van der Waals surface area contributed by atoms with Crippen LogP contribution >= 0.6 is 23.4 Å². The Kier molecular flexibility index (Phi) is 5.60. The number of carbonyl (C=O) groups is 1. The van der Waals surface area contributed by atoms with E-state index in [1.54, 1.807) is 11.8 Å². The molecule has 0 fully saturated rings. The van der Waals surface area contributed by atoms with Crippen molar-refractivity contribution in [3.63, 3.8) is 0 Å². The van der Waals surface area contributed by atoms with Gasteiger partial charge in [-0.3, -0.25) is 4.79 Å². The van der Waals surface area contributed by atoms with Crippen LogP contribution in [0.25, 0.3) is 0 Å². The van der Waals surface area contributed by atoms with Crippen molar-refractivity contribution in [2.24, 2.45) is 0 Å². The fourth-order valence-corrected chi connectivity index (χ4v) is 3.67. The molecule has 1 amide bonds. The molecule has 0 aromatic heterocycles. The number of aryl methyl sites for hydroxylation is 1. The second-order valence-electron chi connectivity index (χ2n) is 6.36. The lowest BCUT2D eigenvalue weighted by Gasteiger charge is -2.30. The number of anilines is 1. The number of rotatable bonds is 4. The topological polar surface area (TPSA) is 29.5 Å². The van der Waals surface area contributed by atoms with Crippen LogP contribution in [-0.4, -0.2) is 24.8 Å². The van der Waals surface area contributed by atoms with Crippen LogP contribution in [0.15, 0.2) is 41.3 Å². The molecule has 0 bridgehead atoms. The molecule has 0 atom stereocenters. The summed E-state index contributed by atoms with van der Waals surface area (Å²) in [6, 6.07) is 11.6. The zero-order valence-electron chi connectivity index (χ0n) is 14.7. The summed E-state index contributed by atoms with van der Waals surface area (Å²) >= 11 is 7.79. The van der Waals surface area contributed by atoms with Crippen LogP contribution in [0.3, 0.4) is 0 Å². The van der Waals surface area contributed by atoms with E-state index in [4.69, 9.17) is 16.3 Å². The molecule has 0 unspecified atom stereocenters. The summed E-state index contributed by atoms with van der Waals surface area (Å²) in [6.45, 7) is 4.62. The number of amides is 1. The molecule has 0 radical (unpaired) electrons. The Morgan fingerprint density at radius 1 is 1.24 bits per heavy atom. The lowest BCUT2D eigenvalue weighted by atomic mass is 10.0. The lowest BCUT2D eigenvalue weighted by molar-refractivity contribution is 0.0979. The molecule has 0 spiro atoms. The van der Waals surface area contributed by atoms with Crippen molar-refractivity contribution < 1.29 is 9.53 Å². The van der Waals surface area contributed by atoms with E-state index in [1.165, 1.54) is 0 Å². The second kappa shape index (κ2) is 7.71. The number of nitrogens with zero attached hydrogens (tertiary/aromatic N) is 1. The first-order valence-electron chi connectivity index (χ1n) is 8.44. The van der Waals surface area contributed by atoms with Gasteiger partial charge in [0, 0.05) is 22.2 Å². The Labute approximate surface area is 158 Å². The minimum Gasteiger partial charge on any atom is -0.490 e. The van der Waals surface area contributed by atoms with Crippen LogP contribution in [0, 0.1) is 0 Å². The van der Waals surface area contributed by atoms with E-state index in [-0.39, 0.29) is 12.0 Å². The Bertz CT molecular complexity index is 791. The van der Waals surface area contributed by atoms with Gasteiger partial charge in [0.15, 0.2) is 0 Å². The SMILES string of the molecule is CSc1ccc(OC(C)C)c(C(=O)N2CCCc3ccc(Cl)cc32)c1. The molecule has 2 aromatic rings. The molecular formula is C20H22ClNO2S. The number of hydrogen-bond acceptors (Lipinski definition) is 3. The van der Waals surface area contributed by atoms with Crippen LogP contribution in [0.1, 0.15) is 36.2 Å². The van der Waals surface area contributed by atoms with Crippen molar-refractivity contribution >= 4 is 35.0 Å². The second-order valence-corrected chi connectivity index (χ2v) is 7.68. The monoisotopic (exact) mass is 375 g/mol. The van der Waals surface area contributed by atoms with Gasteiger partial charge in [0.1, 0.15) is 5.75 Å². The summed E-state index contributed by atoms with van der Waals surface area (Å²) in [5, 5.41) is 0.648. The van der Waals surface area contributed by atoms with Crippen molar-refractivity contribution in [1.82, 2.24) is 0 Å². The predicted molar refractivity (Wildman–Crippen MR) is 105 cm³/mol. The maximum atomic E-state index is 13.3. The molecule has 0 N–H and O–H groups in total. The van der Waals surface area contributed by atoms with Crippen LogP contribution in [0.4, 0.5) is 5.69 Å². The minimum atomic E-state index is -0.0326. The van der Waals surface area contributed by atoms with E-state index in [1.807, 2.05) is 61.4 Å². The lowest BCUT2D eigenvalue weighted by Crippen LogP contribution is -2.35. The Morgan fingerprint density at radius 3 is 2.76 bits per heavy atom. The van der Waals surface area contributed by atoms with Crippen LogP contribution in [0.2, 0.25) is 5.02 Å². The zero-order chi connectivity index (χ0) is 18.0. The number of carbonyl (C=O) groups excluding carboxylic acids is 1. The third kappa shape index (κ3) is 3.96. The van der Waals surface area contributed by atoms with Crippen LogP contribution in [-0.2, 0) is 6.42 Å². The van der Waals surface area contributed by atoms with Gasteiger partial charge in [-0.25, -0.2) is 0 Å². The zero-order valence-corrected chi connectivity index (χ0v) is 16.3. The van der Waals surface area contributed by atoms with E-state index in [2.05, 4.69) is 0 Å². The first-order valence-corrected chi connectivity index (χ1v) is 10.0. The van der Waals surface area contributed by atoms with Gasteiger partial charge in [0.25, 0.3) is 5.91 Å². The number of fused-ring (bicyclic) bond motifs is 1. The summed E-state index contributed by atoms with van der Waals surface area (Å²) in [5.41, 5.74) is 2.68. The minimum absolute atomic E-state index is 0.00904. The molecule has 3 nitrogen and oxygen atoms in total. The molecule has 3 rings (SSSR count). The van der Waals surface area contributed by atoms with E-state index < -0.39 is 0 Å². The quantitative estimate of drug-likeness (QED) is 0.666. The molecule has 25 heavy (non-hydrogen) atoms. The summed E-state index contributed by atoms with van der Waals surface area (Å²) < 4.78 is 5.89. The van der Waals surface area contributed by atoms with E-state index >= 15 is 0 Å². The summed E-state index contributed by atoms with van der Waals surface area (Å²) in [6.07, 6.45) is 3.93. The Morgan fingerprint density at radius 2 is 2.04 bits per heavy atom. The number of hydrogen-bond donors (Lipinski definition) is 0. The summed E-state index contributed by atoms with van der Waals surface area (Å²) in [7, 11) is 0. The van der Waals surface area contributed by atoms with Gasteiger partial charge in [-0.1, -0.05) is 17.7 Å². The van der Waals surface area contributed by atoms with E-state index in [0.717, 1.165) is 29.0 Å². The Balaban J connectivity index is 2.03. The number of ether oxygens (including phenoxy) is 1. The fraction of sp³-hybridized carbons (Fsp3) is 0.350. The van der Waals surface area contributed by atoms with Gasteiger partial charge in [-0.15, -0.1) is 11.8 Å². The summed E-state index contributed by atoms with van der Waals surface area (Å²) in [5.74, 6) is 0.599. The molecule has 5 heteroatoms.